The van der Waals surface area contributed by atoms with E-state index < -0.39 is 0 Å². The first-order chi connectivity index (χ1) is 8.70. The monoisotopic (exact) mass is 280 g/mol. The van der Waals surface area contributed by atoms with E-state index in [-0.39, 0.29) is 0 Å². The second-order valence-corrected chi connectivity index (χ2v) is 6.78. The van der Waals surface area contributed by atoms with Gasteiger partial charge in [0.15, 0.2) is 0 Å². The van der Waals surface area contributed by atoms with Crippen LogP contribution in [0.4, 0.5) is 0 Å². The molecule has 0 spiro atoms. The van der Waals surface area contributed by atoms with E-state index in [4.69, 9.17) is 4.98 Å². The molecule has 0 aliphatic heterocycles. The van der Waals surface area contributed by atoms with Gasteiger partial charge >= 0.3 is 0 Å². The van der Waals surface area contributed by atoms with Crippen LogP contribution in [0.5, 0.6) is 0 Å². The van der Waals surface area contributed by atoms with Gasteiger partial charge in [-0.05, 0) is 30.3 Å². The first kappa shape index (κ1) is 13.7. The summed E-state index contributed by atoms with van der Waals surface area (Å²) < 4.78 is 0. The molecule has 0 aliphatic carbocycles. The summed E-state index contributed by atoms with van der Waals surface area (Å²) in [7, 11) is 0. The average Bonchev–Trinajstić information content (AvgIpc) is 2.94. The van der Waals surface area contributed by atoms with Crippen molar-refractivity contribution >= 4 is 22.7 Å². The van der Waals surface area contributed by atoms with E-state index >= 15 is 0 Å². The van der Waals surface area contributed by atoms with Crippen molar-refractivity contribution in [2.24, 2.45) is 5.92 Å². The first-order valence-corrected chi connectivity index (χ1v) is 8.13. The van der Waals surface area contributed by atoms with Gasteiger partial charge in [0, 0.05) is 11.4 Å². The SMILES string of the molecule is CCNCc1sc(-c2cccs2)nc1CC(C)C. The van der Waals surface area contributed by atoms with E-state index in [2.05, 4.69) is 43.6 Å². The fraction of sp³-hybridized carbons (Fsp3) is 0.500. The fourth-order valence-electron chi connectivity index (χ4n) is 1.81. The molecule has 2 aromatic heterocycles. The highest BCUT2D eigenvalue weighted by Crippen LogP contribution is 2.32. The van der Waals surface area contributed by atoms with Gasteiger partial charge in [-0.3, -0.25) is 0 Å². The molecule has 0 aromatic carbocycles. The minimum Gasteiger partial charge on any atom is -0.312 e. The van der Waals surface area contributed by atoms with E-state index in [1.807, 2.05) is 11.3 Å². The van der Waals surface area contributed by atoms with Crippen molar-refractivity contribution in [1.29, 1.82) is 0 Å². The fourth-order valence-corrected chi connectivity index (χ4v) is 3.67. The third kappa shape index (κ3) is 3.40. The van der Waals surface area contributed by atoms with Gasteiger partial charge < -0.3 is 5.32 Å². The Balaban J connectivity index is 2.25. The molecule has 0 unspecified atom stereocenters. The Morgan fingerprint density at radius 2 is 2.22 bits per heavy atom. The molecule has 18 heavy (non-hydrogen) atoms. The minimum absolute atomic E-state index is 0.656. The summed E-state index contributed by atoms with van der Waals surface area (Å²) in [6.45, 7) is 8.60. The second kappa shape index (κ2) is 6.45. The van der Waals surface area contributed by atoms with Crippen molar-refractivity contribution < 1.29 is 0 Å². The molecular weight excluding hydrogens is 260 g/mol. The summed E-state index contributed by atoms with van der Waals surface area (Å²) in [4.78, 5) is 7.52. The maximum absolute atomic E-state index is 4.83. The molecule has 0 saturated carbocycles. The third-order valence-electron chi connectivity index (χ3n) is 2.65. The van der Waals surface area contributed by atoms with Crippen molar-refractivity contribution in [2.45, 2.75) is 33.7 Å². The number of nitrogens with one attached hydrogen (secondary N) is 1. The Morgan fingerprint density at radius 1 is 1.39 bits per heavy atom. The predicted octanol–water partition coefficient (Wildman–Crippen LogP) is 4.18. The lowest BCUT2D eigenvalue weighted by atomic mass is 10.1. The highest BCUT2D eigenvalue weighted by Gasteiger charge is 2.13. The van der Waals surface area contributed by atoms with E-state index in [1.165, 1.54) is 20.5 Å². The molecule has 2 heterocycles. The molecule has 98 valence electrons. The Labute approximate surface area is 117 Å². The van der Waals surface area contributed by atoms with Crippen LogP contribution in [0.1, 0.15) is 31.3 Å². The highest BCUT2D eigenvalue weighted by atomic mass is 32.1. The van der Waals surface area contributed by atoms with Crippen molar-refractivity contribution in [3.8, 4) is 9.88 Å². The molecule has 1 N–H and O–H groups in total. The largest absolute Gasteiger partial charge is 0.312 e. The molecule has 0 aliphatic rings. The van der Waals surface area contributed by atoms with Crippen LogP contribution in [0.2, 0.25) is 0 Å². The van der Waals surface area contributed by atoms with Crippen LogP contribution < -0.4 is 5.32 Å². The van der Waals surface area contributed by atoms with Crippen molar-refractivity contribution in [1.82, 2.24) is 10.3 Å². The Morgan fingerprint density at radius 3 is 2.83 bits per heavy atom. The van der Waals surface area contributed by atoms with E-state index in [9.17, 15) is 0 Å². The standard InChI is InChI=1S/C14H20N2S2/c1-4-15-9-13-11(8-10(2)3)16-14(18-13)12-6-5-7-17-12/h5-7,10,15H,4,8-9H2,1-3H3. The lowest BCUT2D eigenvalue weighted by Gasteiger charge is -2.04. The van der Waals surface area contributed by atoms with Crippen LogP contribution in [-0.4, -0.2) is 11.5 Å². The average molecular weight is 280 g/mol. The lowest BCUT2D eigenvalue weighted by Crippen LogP contribution is -2.12. The zero-order chi connectivity index (χ0) is 13.0. The van der Waals surface area contributed by atoms with Gasteiger partial charge in [-0.25, -0.2) is 4.98 Å². The normalized spacial score (nSPS) is 11.3. The number of hydrogen-bond acceptors (Lipinski definition) is 4. The van der Waals surface area contributed by atoms with Crippen molar-refractivity contribution in [2.75, 3.05) is 6.54 Å². The Hall–Kier alpha value is -0.710. The molecule has 2 aromatic rings. The topological polar surface area (TPSA) is 24.9 Å². The smallest absolute Gasteiger partial charge is 0.133 e. The summed E-state index contributed by atoms with van der Waals surface area (Å²) in [6.07, 6.45) is 1.07. The van der Waals surface area contributed by atoms with E-state index in [1.54, 1.807) is 11.3 Å². The number of thiophene rings is 1. The zero-order valence-electron chi connectivity index (χ0n) is 11.2. The molecule has 0 amide bonds. The molecule has 2 rings (SSSR count). The third-order valence-corrected chi connectivity index (χ3v) is 4.78. The molecule has 0 saturated heterocycles. The molecule has 4 heteroatoms. The van der Waals surface area contributed by atoms with Gasteiger partial charge in [0.1, 0.15) is 5.01 Å². The van der Waals surface area contributed by atoms with Crippen LogP contribution in [0.15, 0.2) is 17.5 Å². The summed E-state index contributed by atoms with van der Waals surface area (Å²) in [5.41, 5.74) is 1.28. The molecule has 2 nitrogen and oxygen atoms in total. The molecular formula is C14H20N2S2. The number of thiazole rings is 1. The molecule has 0 atom stereocenters. The summed E-state index contributed by atoms with van der Waals surface area (Å²) in [6, 6.07) is 4.24. The summed E-state index contributed by atoms with van der Waals surface area (Å²) in [5, 5.41) is 6.70. The van der Waals surface area contributed by atoms with Gasteiger partial charge in [0.25, 0.3) is 0 Å². The van der Waals surface area contributed by atoms with Gasteiger partial charge in [-0.15, -0.1) is 22.7 Å². The van der Waals surface area contributed by atoms with Crippen LogP contribution in [0, 0.1) is 5.92 Å². The maximum Gasteiger partial charge on any atom is 0.133 e. The number of aromatic nitrogens is 1. The number of nitrogens with zero attached hydrogens (tertiary/aromatic N) is 1. The van der Waals surface area contributed by atoms with E-state index in [0.29, 0.717) is 5.92 Å². The predicted molar refractivity (Wildman–Crippen MR) is 81.3 cm³/mol. The maximum atomic E-state index is 4.83. The van der Waals surface area contributed by atoms with Gasteiger partial charge in [0.2, 0.25) is 0 Å². The van der Waals surface area contributed by atoms with Crippen LogP contribution in [-0.2, 0) is 13.0 Å². The first-order valence-electron chi connectivity index (χ1n) is 6.43. The van der Waals surface area contributed by atoms with E-state index in [0.717, 1.165) is 19.5 Å². The number of rotatable bonds is 6. The molecule has 0 bridgehead atoms. The number of hydrogen-bond donors (Lipinski definition) is 1. The van der Waals surface area contributed by atoms with Gasteiger partial charge in [-0.1, -0.05) is 26.8 Å². The quantitative estimate of drug-likeness (QED) is 0.858. The summed E-state index contributed by atoms with van der Waals surface area (Å²) >= 11 is 3.60. The van der Waals surface area contributed by atoms with Crippen LogP contribution in [0.3, 0.4) is 0 Å². The lowest BCUT2D eigenvalue weighted by molar-refractivity contribution is 0.628. The highest BCUT2D eigenvalue weighted by molar-refractivity contribution is 7.21. The molecule has 0 radical (unpaired) electrons. The minimum atomic E-state index is 0.656. The molecule has 0 fully saturated rings. The zero-order valence-corrected chi connectivity index (χ0v) is 12.8. The van der Waals surface area contributed by atoms with Crippen molar-refractivity contribution in [3.63, 3.8) is 0 Å². The van der Waals surface area contributed by atoms with Gasteiger partial charge in [0.05, 0.1) is 10.6 Å². The Bertz CT molecular complexity index is 472. The second-order valence-electron chi connectivity index (χ2n) is 4.74. The Kier molecular flexibility index (Phi) is 4.92. The van der Waals surface area contributed by atoms with Crippen LogP contribution in [0.25, 0.3) is 9.88 Å². The van der Waals surface area contributed by atoms with Crippen LogP contribution >= 0.6 is 22.7 Å². The van der Waals surface area contributed by atoms with Crippen molar-refractivity contribution in [3.05, 3.63) is 28.1 Å². The van der Waals surface area contributed by atoms with Gasteiger partial charge in [-0.2, -0.15) is 0 Å². The summed E-state index contributed by atoms with van der Waals surface area (Å²) in [5.74, 6) is 0.656.